The van der Waals surface area contributed by atoms with Crippen molar-refractivity contribution in [1.29, 1.82) is 0 Å². The van der Waals surface area contributed by atoms with E-state index in [1.54, 1.807) is 24.9 Å². The zero-order valence-corrected chi connectivity index (χ0v) is 18.2. The number of aryl methyl sites for hydroxylation is 1. The van der Waals surface area contributed by atoms with Gasteiger partial charge >= 0.3 is 6.18 Å². The minimum absolute atomic E-state index is 0. The molecule has 0 atom stereocenters. The molecule has 4 rings (SSSR count). The molecule has 0 spiro atoms. The standard InChI is InChI=1S/C21H20F3N5O2.ClH/c1-12-7-13(10-29-6-5-28(2)17(30)11-29)8-15-18(12)26-19(27-20(15)31)16-9-14(3-4-25-16)21(22,23)24;/h3-4,7-9H,5-6,10-11H2,1-2H3,(H,26,27,31);1H. The van der Waals surface area contributed by atoms with Crippen molar-refractivity contribution in [2.24, 2.45) is 0 Å². The van der Waals surface area contributed by atoms with Crippen LogP contribution in [0.15, 0.2) is 35.3 Å². The third-order valence-electron chi connectivity index (χ3n) is 5.33. The third kappa shape index (κ3) is 4.76. The van der Waals surface area contributed by atoms with Crippen LogP contribution in [0.3, 0.4) is 0 Å². The Morgan fingerprint density at radius 3 is 2.59 bits per heavy atom. The highest BCUT2D eigenvalue weighted by Gasteiger charge is 2.31. The molecule has 1 amide bonds. The van der Waals surface area contributed by atoms with Crippen molar-refractivity contribution in [3.63, 3.8) is 0 Å². The normalized spacial score (nSPS) is 15.2. The molecule has 0 bridgehead atoms. The van der Waals surface area contributed by atoms with Crippen LogP contribution in [0.4, 0.5) is 13.2 Å². The Balaban J connectivity index is 0.00000289. The van der Waals surface area contributed by atoms with Crippen LogP contribution >= 0.6 is 12.4 Å². The Labute approximate surface area is 187 Å². The van der Waals surface area contributed by atoms with Gasteiger partial charge in [-0.2, -0.15) is 13.2 Å². The number of aromatic amines is 1. The summed E-state index contributed by atoms with van der Waals surface area (Å²) in [4.78, 5) is 39.2. The van der Waals surface area contributed by atoms with Crippen molar-refractivity contribution in [2.45, 2.75) is 19.6 Å². The summed E-state index contributed by atoms with van der Waals surface area (Å²) in [6.07, 6.45) is -3.49. The lowest BCUT2D eigenvalue weighted by molar-refractivity contribution is -0.137. The van der Waals surface area contributed by atoms with Crippen LogP contribution < -0.4 is 5.56 Å². The quantitative estimate of drug-likeness (QED) is 0.640. The van der Waals surface area contributed by atoms with Crippen molar-refractivity contribution in [2.75, 3.05) is 26.7 Å². The van der Waals surface area contributed by atoms with E-state index in [2.05, 4.69) is 15.0 Å². The first kappa shape index (κ1) is 23.7. The molecule has 0 aliphatic carbocycles. The SMILES string of the molecule is Cc1cc(CN2CCN(C)C(=O)C2)cc2c(=O)[nH]c(-c3cc(C(F)(F)F)ccn3)nc12.Cl. The average Bonchev–Trinajstić information content (AvgIpc) is 2.71. The largest absolute Gasteiger partial charge is 0.416 e. The number of likely N-dealkylation sites (N-methyl/N-ethyl adjacent to an activating group) is 1. The molecule has 1 fully saturated rings. The second-order valence-corrected chi connectivity index (χ2v) is 7.68. The number of alkyl halides is 3. The maximum absolute atomic E-state index is 13.0. The number of benzene rings is 1. The Kier molecular flexibility index (Phi) is 6.56. The van der Waals surface area contributed by atoms with Crippen molar-refractivity contribution in [3.8, 4) is 11.5 Å². The summed E-state index contributed by atoms with van der Waals surface area (Å²) >= 11 is 0. The van der Waals surface area contributed by atoms with Gasteiger partial charge in [0.15, 0.2) is 5.82 Å². The lowest BCUT2D eigenvalue weighted by atomic mass is 10.1. The summed E-state index contributed by atoms with van der Waals surface area (Å²) in [5.74, 6) is 0.0191. The molecule has 0 saturated carbocycles. The summed E-state index contributed by atoms with van der Waals surface area (Å²) in [5.41, 5.74) is 0.587. The number of nitrogens with one attached hydrogen (secondary N) is 1. The van der Waals surface area contributed by atoms with Crippen LogP contribution in [0.2, 0.25) is 0 Å². The van der Waals surface area contributed by atoms with E-state index in [4.69, 9.17) is 0 Å². The average molecular weight is 468 g/mol. The summed E-state index contributed by atoms with van der Waals surface area (Å²) in [6.45, 7) is 3.97. The molecule has 11 heteroatoms. The smallest absolute Gasteiger partial charge is 0.343 e. The zero-order valence-electron chi connectivity index (χ0n) is 17.4. The molecule has 3 aromatic rings. The topological polar surface area (TPSA) is 82.2 Å². The van der Waals surface area contributed by atoms with Gasteiger partial charge in [0.25, 0.3) is 5.56 Å². The summed E-state index contributed by atoms with van der Waals surface area (Å²) in [6, 6.07) is 5.31. The Morgan fingerprint density at radius 1 is 1.16 bits per heavy atom. The molecular formula is C21H21ClF3N5O2. The van der Waals surface area contributed by atoms with Gasteiger partial charge in [-0.3, -0.25) is 19.5 Å². The lowest BCUT2D eigenvalue weighted by Crippen LogP contribution is -2.47. The predicted molar refractivity (Wildman–Crippen MR) is 115 cm³/mol. The van der Waals surface area contributed by atoms with Gasteiger partial charge in [-0.15, -0.1) is 12.4 Å². The van der Waals surface area contributed by atoms with Crippen molar-refractivity contribution < 1.29 is 18.0 Å². The number of halogens is 4. The van der Waals surface area contributed by atoms with Crippen LogP contribution in [-0.4, -0.2) is 57.3 Å². The molecule has 0 radical (unpaired) electrons. The summed E-state index contributed by atoms with van der Waals surface area (Å²) in [5, 5.41) is 0.339. The molecule has 3 heterocycles. The molecule has 1 aromatic carbocycles. The number of nitrogens with zero attached hydrogens (tertiary/aromatic N) is 4. The van der Waals surface area contributed by atoms with Crippen molar-refractivity contribution >= 4 is 29.2 Å². The van der Waals surface area contributed by atoms with Crippen LogP contribution in [-0.2, 0) is 17.5 Å². The van der Waals surface area contributed by atoms with Gasteiger partial charge in [0, 0.05) is 32.9 Å². The summed E-state index contributed by atoms with van der Waals surface area (Å²) < 4.78 is 39.0. The number of amides is 1. The zero-order chi connectivity index (χ0) is 22.3. The van der Waals surface area contributed by atoms with Crippen molar-refractivity contribution in [1.82, 2.24) is 24.8 Å². The highest BCUT2D eigenvalue weighted by Crippen LogP contribution is 2.30. The molecule has 1 aliphatic rings. The molecule has 1 N–H and O–H groups in total. The van der Waals surface area contributed by atoms with E-state index in [1.165, 1.54) is 0 Å². The molecule has 7 nitrogen and oxygen atoms in total. The van der Waals surface area contributed by atoms with Gasteiger partial charge in [-0.25, -0.2) is 4.98 Å². The minimum atomic E-state index is -4.52. The number of fused-ring (bicyclic) bond motifs is 1. The number of carbonyl (C=O) groups is 1. The van der Waals surface area contributed by atoms with Gasteiger partial charge < -0.3 is 9.88 Å². The Morgan fingerprint density at radius 2 is 1.91 bits per heavy atom. The van der Waals surface area contributed by atoms with E-state index >= 15 is 0 Å². The number of hydrogen-bond donors (Lipinski definition) is 1. The second-order valence-electron chi connectivity index (χ2n) is 7.68. The van der Waals surface area contributed by atoms with Crippen molar-refractivity contribution in [3.05, 3.63) is 57.5 Å². The van der Waals surface area contributed by atoms with Gasteiger partial charge in [0.2, 0.25) is 5.91 Å². The van der Waals surface area contributed by atoms with Crippen LogP contribution in [0, 0.1) is 6.92 Å². The van der Waals surface area contributed by atoms with E-state index in [-0.39, 0.29) is 29.8 Å². The van der Waals surface area contributed by atoms with E-state index in [0.29, 0.717) is 36.1 Å². The van der Waals surface area contributed by atoms with Crippen LogP contribution in [0.25, 0.3) is 22.4 Å². The molecule has 170 valence electrons. The first-order valence-electron chi connectivity index (χ1n) is 9.65. The Bertz CT molecular complexity index is 1230. The lowest BCUT2D eigenvalue weighted by Gasteiger charge is -2.32. The van der Waals surface area contributed by atoms with Crippen LogP contribution in [0.5, 0.6) is 0 Å². The van der Waals surface area contributed by atoms with Gasteiger partial charge in [0.05, 0.1) is 23.0 Å². The monoisotopic (exact) mass is 467 g/mol. The van der Waals surface area contributed by atoms with E-state index in [0.717, 1.165) is 30.4 Å². The summed E-state index contributed by atoms with van der Waals surface area (Å²) in [7, 11) is 1.77. The maximum Gasteiger partial charge on any atom is 0.416 e. The van der Waals surface area contributed by atoms with E-state index in [1.807, 2.05) is 11.0 Å². The van der Waals surface area contributed by atoms with Gasteiger partial charge in [0.1, 0.15) is 5.69 Å². The van der Waals surface area contributed by atoms with Crippen LogP contribution in [0.1, 0.15) is 16.7 Å². The minimum Gasteiger partial charge on any atom is -0.343 e. The molecule has 1 aliphatic heterocycles. The number of carbonyl (C=O) groups excluding carboxylic acids is 1. The van der Waals surface area contributed by atoms with E-state index in [9.17, 15) is 22.8 Å². The number of hydrogen-bond acceptors (Lipinski definition) is 5. The number of H-pyrrole nitrogens is 1. The highest BCUT2D eigenvalue weighted by molar-refractivity contribution is 5.85. The number of piperazine rings is 1. The number of pyridine rings is 1. The number of aromatic nitrogens is 3. The predicted octanol–water partition coefficient (Wildman–Crippen LogP) is 3.01. The third-order valence-corrected chi connectivity index (χ3v) is 5.33. The fraction of sp³-hybridized carbons (Fsp3) is 0.333. The Hall–Kier alpha value is -2.98. The molecule has 32 heavy (non-hydrogen) atoms. The second kappa shape index (κ2) is 8.87. The molecule has 2 aromatic heterocycles. The first-order chi connectivity index (χ1) is 14.6. The molecule has 0 unspecified atom stereocenters. The fourth-order valence-corrected chi connectivity index (χ4v) is 3.64. The maximum atomic E-state index is 13.0. The fourth-order valence-electron chi connectivity index (χ4n) is 3.64. The molecular weight excluding hydrogens is 447 g/mol. The highest BCUT2D eigenvalue weighted by atomic mass is 35.5. The number of rotatable bonds is 3. The first-order valence-corrected chi connectivity index (χ1v) is 9.65. The van der Waals surface area contributed by atoms with E-state index < -0.39 is 17.3 Å². The van der Waals surface area contributed by atoms with Gasteiger partial charge in [-0.05, 0) is 36.2 Å². The van der Waals surface area contributed by atoms with Gasteiger partial charge in [-0.1, -0.05) is 6.07 Å². The molecule has 1 saturated heterocycles.